The molecule has 1 rings (SSSR count). The largest absolute Gasteiger partial charge is 0.493 e. The molecule has 0 saturated carbocycles. The van der Waals surface area contributed by atoms with Gasteiger partial charge < -0.3 is 15.6 Å². The molecule has 0 heterocycles. The fourth-order valence-corrected chi connectivity index (χ4v) is 1.72. The molecule has 18 heavy (non-hydrogen) atoms. The lowest BCUT2D eigenvalue weighted by Gasteiger charge is -2.22. The predicted molar refractivity (Wildman–Crippen MR) is 74.9 cm³/mol. The average Bonchev–Trinajstić information content (AvgIpc) is 2.38. The summed E-state index contributed by atoms with van der Waals surface area (Å²) in [4.78, 5) is 0. The van der Waals surface area contributed by atoms with Gasteiger partial charge in [-0.3, -0.25) is 0 Å². The van der Waals surface area contributed by atoms with Crippen molar-refractivity contribution in [2.45, 2.75) is 45.1 Å². The highest BCUT2D eigenvalue weighted by Crippen LogP contribution is 2.28. The molecule has 2 unspecified atom stereocenters. The molecular weight excluding hydrogens is 226 g/mol. The minimum Gasteiger partial charge on any atom is -0.493 e. The van der Waals surface area contributed by atoms with Crippen LogP contribution in [0.2, 0.25) is 0 Å². The van der Waals surface area contributed by atoms with Gasteiger partial charge in [0.05, 0.1) is 12.2 Å². The lowest BCUT2D eigenvalue weighted by Crippen LogP contribution is -2.35. The molecule has 0 saturated heterocycles. The van der Waals surface area contributed by atoms with Crippen LogP contribution in [0.4, 0.5) is 0 Å². The topological polar surface area (TPSA) is 55.5 Å². The molecular formula is C15H25NO2. The standard InChI is InChI=1S/C15H25NO2/c1-4-12(2)13-7-5-6-8-14(13)18-10-9-15(3,17)11-16/h5-8,12,17H,4,9-11,16H2,1-3H3. The van der Waals surface area contributed by atoms with Gasteiger partial charge in [-0.1, -0.05) is 32.0 Å². The van der Waals surface area contributed by atoms with Crippen molar-refractivity contribution < 1.29 is 9.84 Å². The second-order valence-corrected chi connectivity index (χ2v) is 5.15. The van der Waals surface area contributed by atoms with Gasteiger partial charge in [-0.2, -0.15) is 0 Å². The molecule has 0 spiro atoms. The molecule has 1 aromatic carbocycles. The molecule has 0 amide bonds. The second kappa shape index (κ2) is 6.76. The highest BCUT2D eigenvalue weighted by molar-refractivity contribution is 5.35. The first-order valence-electron chi connectivity index (χ1n) is 6.64. The van der Waals surface area contributed by atoms with Crippen molar-refractivity contribution in [1.82, 2.24) is 0 Å². The minimum absolute atomic E-state index is 0.253. The smallest absolute Gasteiger partial charge is 0.122 e. The van der Waals surface area contributed by atoms with Crippen molar-refractivity contribution in [3.05, 3.63) is 29.8 Å². The molecule has 2 atom stereocenters. The summed E-state index contributed by atoms with van der Waals surface area (Å²) >= 11 is 0. The zero-order valence-electron chi connectivity index (χ0n) is 11.6. The number of para-hydroxylation sites is 1. The van der Waals surface area contributed by atoms with Gasteiger partial charge >= 0.3 is 0 Å². The molecule has 0 aromatic heterocycles. The second-order valence-electron chi connectivity index (χ2n) is 5.15. The van der Waals surface area contributed by atoms with Crippen LogP contribution in [0.15, 0.2) is 24.3 Å². The van der Waals surface area contributed by atoms with Crippen molar-refractivity contribution in [1.29, 1.82) is 0 Å². The monoisotopic (exact) mass is 251 g/mol. The summed E-state index contributed by atoms with van der Waals surface area (Å²) in [5.41, 5.74) is 5.87. The van der Waals surface area contributed by atoms with Crippen LogP contribution in [0.5, 0.6) is 5.75 Å². The van der Waals surface area contributed by atoms with E-state index in [4.69, 9.17) is 10.5 Å². The van der Waals surface area contributed by atoms with E-state index in [9.17, 15) is 5.11 Å². The summed E-state index contributed by atoms with van der Waals surface area (Å²) in [7, 11) is 0. The number of hydrogen-bond donors (Lipinski definition) is 2. The van der Waals surface area contributed by atoms with Crippen molar-refractivity contribution in [2.24, 2.45) is 5.73 Å². The first-order chi connectivity index (χ1) is 8.50. The molecule has 102 valence electrons. The fraction of sp³-hybridized carbons (Fsp3) is 0.600. The molecule has 0 aliphatic rings. The maximum atomic E-state index is 9.82. The number of ether oxygens (including phenoxy) is 1. The van der Waals surface area contributed by atoms with E-state index in [1.807, 2.05) is 18.2 Å². The molecule has 3 nitrogen and oxygen atoms in total. The maximum absolute atomic E-state index is 9.82. The summed E-state index contributed by atoms with van der Waals surface area (Å²) in [6.45, 7) is 6.83. The molecule has 0 fully saturated rings. The predicted octanol–water partition coefficient (Wildman–Crippen LogP) is 2.68. The quantitative estimate of drug-likeness (QED) is 0.783. The number of hydrogen-bond acceptors (Lipinski definition) is 3. The van der Waals surface area contributed by atoms with Gasteiger partial charge in [-0.15, -0.1) is 0 Å². The summed E-state index contributed by atoms with van der Waals surface area (Å²) in [6, 6.07) is 8.09. The third-order valence-corrected chi connectivity index (χ3v) is 3.40. The zero-order chi connectivity index (χ0) is 13.6. The highest BCUT2D eigenvalue weighted by Gasteiger charge is 2.18. The Morgan fingerprint density at radius 1 is 1.39 bits per heavy atom. The van der Waals surface area contributed by atoms with Crippen LogP contribution in [-0.2, 0) is 0 Å². The van der Waals surface area contributed by atoms with Crippen LogP contribution >= 0.6 is 0 Å². The third-order valence-electron chi connectivity index (χ3n) is 3.40. The summed E-state index contributed by atoms with van der Waals surface area (Å²) in [5, 5.41) is 9.82. The van der Waals surface area contributed by atoms with E-state index in [1.165, 1.54) is 5.56 Å². The first kappa shape index (κ1) is 15.0. The van der Waals surface area contributed by atoms with Crippen molar-refractivity contribution in [2.75, 3.05) is 13.2 Å². The van der Waals surface area contributed by atoms with Crippen LogP contribution in [0, 0.1) is 0 Å². The van der Waals surface area contributed by atoms with Crippen molar-refractivity contribution in [3.63, 3.8) is 0 Å². The zero-order valence-corrected chi connectivity index (χ0v) is 11.6. The SMILES string of the molecule is CCC(C)c1ccccc1OCCC(C)(O)CN. The number of rotatable bonds is 7. The Labute approximate surface area is 110 Å². The van der Waals surface area contributed by atoms with E-state index in [0.29, 0.717) is 18.9 Å². The summed E-state index contributed by atoms with van der Waals surface area (Å²) in [6.07, 6.45) is 1.62. The van der Waals surface area contributed by atoms with E-state index in [0.717, 1.165) is 12.2 Å². The van der Waals surface area contributed by atoms with Crippen molar-refractivity contribution in [3.8, 4) is 5.75 Å². The molecule has 3 heteroatoms. The van der Waals surface area contributed by atoms with E-state index < -0.39 is 5.60 Å². The molecule has 0 aliphatic carbocycles. The van der Waals surface area contributed by atoms with Gasteiger partial charge in [-0.25, -0.2) is 0 Å². The van der Waals surface area contributed by atoms with Crippen LogP contribution < -0.4 is 10.5 Å². The van der Waals surface area contributed by atoms with Gasteiger partial charge in [0.2, 0.25) is 0 Å². The number of aliphatic hydroxyl groups is 1. The Hall–Kier alpha value is -1.06. The lowest BCUT2D eigenvalue weighted by molar-refractivity contribution is 0.0452. The van der Waals surface area contributed by atoms with Gasteiger partial charge in [-0.05, 0) is 30.9 Å². The van der Waals surface area contributed by atoms with Crippen LogP contribution in [0.25, 0.3) is 0 Å². The minimum atomic E-state index is -0.842. The van der Waals surface area contributed by atoms with Crippen LogP contribution in [0.1, 0.15) is 45.1 Å². The maximum Gasteiger partial charge on any atom is 0.122 e. The Bertz CT molecular complexity index is 363. The highest BCUT2D eigenvalue weighted by atomic mass is 16.5. The lowest BCUT2D eigenvalue weighted by atomic mass is 9.98. The average molecular weight is 251 g/mol. The van der Waals surface area contributed by atoms with Gasteiger partial charge in [0.25, 0.3) is 0 Å². The van der Waals surface area contributed by atoms with E-state index in [-0.39, 0.29) is 6.54 Å². The van der Waals surface area contributed by atoms with Crippen molar-refractivity contribution >= 4 is 0 Å². The van der Waals surface area contributed by atoms with E-state index >= 15 is 0 Å². The van der Waals surface area contributed by atoms with Gasteiger partial charge in [0.1, 0.15) is 5.75 Å². The summed E-state index contributed by atoms with van der Waals surface area (Å²) in [5.74, 6) is 1.40. The Morgan fingerprint density at radius 3 is 2.67 bits per heavy atom. The normalized spacial score (nSPS) is 16.1. The number of nitrogens with two attached hydrogens (primary N) is 1. The van der Waals surface area contributed by atoms with E-state index in [2.05, 4.69) is 19.9 Å². The summed E-state index contributed by atoms with van der Waals surface area (Å²) < 4.78 is 5.78. The van der Waals surface area contributed by atoms with Crippen LogP contribution in [-0.4, -0.2) is 23.9 Å². The molecule has 0 bridgehead atoms. The van der Waals surface area contributed by atoms with E-state index in [1.54, 1.807) is 6.92 Å². The Balaban J connectivity index is 2.62. The molecule has 1 aromatic rings. The van der Waals surface area contributed by atoms with Gasteiger partial charge in [0, 0.05) is 13.0 Å². The number of benzene rings is 1. The Morgan fingerprint density at radius 2 is 2.06 bits per heavy atom. The Kier molecular flexibility index (Phi) is 5.63. The molecule has 0 aliphatic heterocycles. The third kappa shape index (κ3) is 4.31. The van der Waals surface area contributed by atoms with Crippen LogP contribution in [0.3, 0.4) is 0 Å². The molecule has 3 N–H and O–H groups in total. The molecule has 0 radical (unpaired) electrons. The van der Waals surface area contributed by atoms with Gasteiger partial charge in [0.15, 0.2) is 0 Å². The first-order valence-corrected chi connectivity index (χ1v) is 6.64. The fourth-order valence-electron chi connectivity index (χ4n) is 1.72.